The predicted molar refractivity (Wildman–Crippen MR) is 82.5 cm³/mol. The molecule has 20 heavy (non-hydrogen) atoms. The van der Waals surface area contributed by atoms with Gasteiger partial charge in [0.1, 0.15) is 5.82 Å². The topological polar surface area (TPSA) is 30.7 Å². The van der Waals surface area contributed by atoms with E-state index in [2.05, 4.69) is 54.7 Å². The second-order valence-corrected chi connectivity index (χ2v) is 5.51. The number of benzene rings is 1. The Bertz CT molecular complexity index is 674. The maximum atomic E-state index is 4.44. The van der Waals surface area contributed by atoms with Gasteiger partial charge in [-0.3, -0.25) is 4.98 Å². The molecule has 2 heterocycles. The van der Waals surface area contributed by atoms with Gasteiger partial charge in [-0.2, -0.15) is 0 Å². The van der Waals surface area contributed by atoms with Gasteiger partial charge < -0.3 is 4.57 Å². The van der Waals surface area contributed by atoms with Crippen LogP contribution >= 0.6 is 15.9 Å². The van der Waals surface area contributed by atoms with Crippen molar-refractivity contribution in [1.29, 1.82) is 0 Å². The highest BCUT2D eigenvalue weighted by molar-refractivity contribution is 9.10. The molecule has 0 aliphatic carbocycles. The van der Waals surface area contributed by atoms with Crippen molar-refractivity contribution in [3.8, 4) is 0 Å². The fourth-order valence-corrected chi connectivity index (χ4v) is 2.37. The lowest BCUT2D eigenvalue weighted by Gasteiger charge is -2.08. The quantitative estimate of drug-likeness (QED) is 0.731. The lowest BCUT2D eigenvalue weighted by molar-refractivity contribution is 0.735. The molecule has 0 amide bonds. The van der Waals surface area contributed by atoms with Crippen molar-refractivity contribution in [2.45, 2.75) is 13.0 Å². The molecule has 3 rings (SSSR count). The van der Waals surface area contributed by atoms with Crippen molar-refractivity contribution >= 4 is 15.9 Å². The van der Waals surface area contributed by atoms with Gasteiger partial charge in [-0.05, 0) is 29.8 Å². The number of hydrogen-bond acceptors (Lipinski definition) is 2. The highest BCUT2D eigenvalue weighted by atomic mass is 79.9. The summed E-state index contributed by atoms with van der Waals surface area (Å²) >= 11 is 3.45. The van der Waals surface area contributed by atoms with Crippen molar-refractivity contribution in [2.75, 3.05) is 0 Å². The Morgan fingerprint density at radius 1 is 0.950 bits per heavy atom. The van der Waals surface area contributed by atoms with Gasteiger partial charge >= 0.3 is 0 Å². The molecule has 4 heteroatoms. The van der Waals surface area contributed by atoms with Crippen LogP contribution in [0, 0.1) is 0 Å². The van der Waals surface area contributed by atoms with Crippen LogP contribution in [0.5, 0.6) is 0 Å². The molecule has 3 nitrogen and oxygen atoms in total. The molecule has 0 atom stereocenters. The van der Waals surface area contributed by atoms with Gasteiger partial charge in [-0.25, -0.2) is 4.98 Å². The second-order valence-electron chi connectivity index (χ2n) is 4.60. The van der Waals surface area contributed by atoms with E-state index >= 15 is 0 Å². The number of nitrogens with zero attached hydrogens (tertiary/aromatic N) is 3. The molecule has 0 bridgehead atoms. The third-order valence-electron chi connectivity index (χ3n) is 3.13. The minimum atomic E-state index is 0.754. The first-order chi connectivity index (χ1) is 9.81. The number of hydrogen-bond donors (Lipinski definition) is 0. The van der Waals surface area contributed by atoms with E-state index < -0.39 is 0 Å². The standard InChI is InChI=1S/C16H14BrN3/c17-14-6-4-13(5-7-14)12-20-10-9-19-16(20)11-15-3-1-2-8-18-15/h1-10H,11-12H2. The van der Waals surface area contributed by atoms with Crippen LogP contribution in [-0.4, -0.2) is 14.5 Å². The van der Waals surface area contributed by atoms with E-state index in [4.69, 9.17) is 0 Å². The van der Waals surface area contributed by atoms with E-state index in [1.165, 1.54) is 5.56 Å². The molecule has 0 N–H and O–H groups in total. The smallest absolute Gasteiger partial charge is 0.114 e. The van der Waals surface area contributed by atoms with Gasteiger partial charge in [0.05, 0.1) is 0 Å². The van der Waals surface area contributed by atoms with Gasteiger partial charge in [0.25, 0.3) is 0 Å². The zero-order valence-electron chi connectivity index (χ0n) is 10.9. The Balaban J connectivity index is 1.78. The van der Waals surface area contributed by atoms with Crippen molar-refractivity contribution in [1.82, 2.24) is 14.5 Å². The molecule has 0 fully saturated rings. The monoisotopic (exact) mass is 327 g/mol. The number of pyridine rings is 1. The Morgan fingerprint density at radius 2 is 1.80 bits per heavy atom. The Morgan fingerprint density at radius 3 is 2.55 bits per heavy atom. The predicted octanol–water partition coefficient (Wildman–Crippen LogP) is 3.68. The summed E-state index contributed by atoms with van der Waals surface area (Å²) in [5, 5.41) is 0. The van der Waals surface area contributed by atoms with E-state index in [1.807, 2.05) is 36.8 Å². The molecule has 0 aliphatic heterocycles. The highest BCUT2D eigenvalue weighted by Crippen LogP contribution is 2.13. The molecule has 0 unspecified atom stereocenters. The van der Waals surface area contributed by atoms with Crippen molar-refractivity contribution in [2.24, 2.45) is 0 Å². The van der Waals surface area contributed by atoms with Gasteiger partial charge in [0.15, 0.2) is 0 Å². The average Bonchev–Trinajstić information content (AvgIpc) is 2.90. The van der Waals surface area contributed by atoms with E-state index in [0.29, 0.717) is 0 Å². The van der Waals surface area contributed by atoms with E-state index in [9.17, 15) is 0 Å². The van der Waals surface area contributed by atoms with Gasteiger partial charge in [0, 0.05) is 41.7 Å². The summed E-state index contributed by atoms with van der Waals surface area (Å²) < 4.78 is 3.26. The summed E-state index contributed by atoms with van der Waals surface area (Å²) in [5.41, 5.74) is 2.30. The summed E-state index contributed by atoms with van der Waals surface area (Å²) in [6.07, 6.45) is 6.43. The van der Waals surface area contributed by atoms with Crippen LogP contribution in [-0.2, 0) is 13.0 Å². The molecular weight excluding hydrogens is 314 g/mol. The molecule has 100 valence electrons. The second kappa shape index (κ2) is 6.01. The molecule has 0 saturated heterocycles. The van der Waals surface area contributed by atoms with Crippen LogP contribution in [0.2, 0.25) is 0 Å². The molecule has 1 aromatic carbocycles. The van der Waals surface area contributed by atoms with Crippen LogP contribution in [0.25, 0.3) is 0 Å². The van der Waals surface area contributed by atoms with Gasteiger partial charge in [0.2, 0.25) is 0 Å². The molecule has 0 radical (unpaired) electrons. The Kier molecular flexibility index (Phi) is 3.92. The first-order valence-corrected chi connectivity index (χ1v) is 7.25. The van der Waals surface area contributed by atoms with E-state index in [-0.39, 0.29) is 0 Å². The molecule has 0 aliphatic rings. The van der Waals surface area contributed by atoms with Crippen molar-refractivity contribution in [3.05, 3.63) is 82.6 Å². The maximum Gasteiger partial charge on any atom is 0.114 e. The summed E-state index contributed by atoms with van der Waals surface area (Å²) in [7, 11) is 0. The van der Waals surface area contributed by atoms with Crippen LogP contribution < -0.4 is 0 Å². The average molecular weight is 328 g/mol. The zero-order chi connectivity index (χ0) is 13.8. The van der Waals surface area contributed by atoms with Gasteiger partial charge in [-0.15, -0.1) is 0 Å². The summed E-state index contributed by atoms with van der Waals surface area (Å²) in [6.45, 7) is 0.829. The first-order valence-electron chi connectivity index (χ1n) is 6.45. The van der Waals surface area contributed by atoms with Crippen LogP contribution in [0.4, 0.5) is 0 Å². The third-order valence-corrected chi connectivity index (χ3v) is 3.66. The van der Waals surface area contributed by atoms with E-state index in [0.717, 1.165) is 29.0 Å². The molecule has 0 saturated carbocycles. The Hall–Kier alpha value is -1.94. The number of rotatable bonds is 4. The van der Waals surface area contributed by atoms with Crippen LogP contribution in [0.1, 0.15) is 17.1 Å². The minimum Gasteiger partial charge on any atom is -0.330 e. The largest absolute Gasteiger partial charge is 0.330 e. The third kappa shape index (κ3) is 3.14. The van der Waals surface area contributed by atoms with Gasteiger partial charge in [-0.1, -0.05) is 34.1 Å². The lowest BCUT2D eigenvalue weighted by atomic mass is 10.2. The summed E-state index contributed by atoms with van der Waals surface area (Å²) in [5.74, 6) is 1.03. The maximum absolute atomic E-state index is 4.44. The van der Waals surface area contributed by atoms with Crippen LogP contribution in [0.15, 0.2) is 65.5 Å². The first kappa shape index (κ1) is 13.1. The summed E-state index contributed by atoms with van der Waals surface area (Å²) in [6, 6.07) is 14.3. The molecular formula is C16H14BrN3. The fourth-order valence-electron chi connectivity index (χ4n) is 2.10. The number of imidazole rings is 1. The lowest BCUT2D eigenvalue weighted by Crippen LogP contribution is -2.05. The van der Waals surface area contributed by atoms with Crippen molar-refractivity contribution in [3.63, 3.8) is 0 Å². The SMILES string of the molecule is Brc1ccc(Cn2ccnc2Cc2ccccn2)cc1. The zero-order valence-corrected chi connectivity index (χ0v) is 12.5. The van der Waals surface area contributed by atoms with Crippen LogP contribution in [0.3, 0.4) is 0 Å². The normalized spacial score (nSPS) is 10.7. The molecule has 3 aromatic rings. The Labute approximate surface area is 126 Å². The number of aromatic nitrogens is 3. The minimum absolute atomic E-state index is 0.754. The molecule has 2 aromatic heterocycles. The fraction of sp³-hybridized carbons (Fsp3) is 0.125. The number of halogens is 1. The highest BCUT2D eigenvalue weighted by Gasteiger charge is 2.05. The molecule has 0 spiro atoms. The van der Waals surface area contributed by atoms with E-state index in [1.54, 1.807) is 0 Å². The van der Waals surface area contributed by atoms with Crippen molar-refractivity contribution < 1.29 is 0 Å². The summed E-state index contributed by atoms with van der Waals surface area (Å²) in [4.78, 5) is 8.79.